The first kappa shape index (κ1) is 28.9. The van der Waals surface area contributed by atoms with Crippen LogP contribution in [0.1, 0.15) is 37.7 Å². The fourth-order valence-electron chi connectivity index (χ4n) is 7.66. The number of anilines is 1. The Balaban J connectivity index is 1.50. The second-order valence-corrected chi connectivity index (χ2v) is 12.0. The van der Waals surface area contributed by atoms with Gasteiger partial charge in [0.15, 0.2) is 11.5 Å². The van der Waals surface area contributed by atoms with Gasteiger partial charge in [-0.1, -0.05) is 35.4 Å². The topological polar surface area (TPSA) is 142 Å². The second kappa shape index (κ2) is 10.2. The van der Waals surface area contributed by atoms with Crippen molar-refractivity contribution < 1.29 is 43.3 Å². The van der Waals surface area contributed by atoms with Gasteiger partial charge < -0.3 is 14.9 Å². The molecule has 4 amide bonds. The highest BCUT2D eigenvalue weighted by Gasteiger charge is 2.68. The Bertz CT molecular complexity index is 1640. The smallest absolute Gasteiger partial charge is 0.305 e. The highest BCUT2D eigenvalue weighted by molar-refractivity contribution is 6.31. The van der Waals surface area contributed by atoms with Gasteiger partial charge in [-0.05, 0) is 49.9 Å². The van der Waals surface area contributed by atoms with Gasteiger partial charge in [0.05, 0.1) is 47.4 Å². The molecule has 0 spiro atoms. The number of benzene rings is 2. The SMILES string of the molecule is COc1cccc(C2C3=CCC4C(=O)N(CCC(=O)O)C(=O)C4C3CC3C(=O)N(c4ccc(F)c(Cl)c4)C(=O)C32C)c1O. The number of aromatic hydroxyl groups is 1. The molecule has 12 heteroatoms. The molecule has 2 heterocycles. The van der Waals surface area contributed by atoms with Crippen molar-refractivity contribution in [1.29, 1.82) is 0 Å². The van der Waals surface area contributed by atoms with Crippen molar-refractivity contribution >= 4 is 46.9 Å². The Kier molecular flexibility index (Phi) is 6.83. The van der Waals surface area contributed by atoms with Crippen LogP contribution in [0.4, 0.5) is 10.1 Å². The number of phenolic OH excluding ortho intramolecular Hbond substituents is 1. The molecule has 2 aromatic carbocycles. The van der Waals surface area contributed by atoms with Crippen molar-refractivity contribution in [3.8, 4) is 11.5 Å². The first-order valence-corrected chi connectivity index (χ1v) is 14.3. The number of phenols is 1. The molecule has 2 aromatic rings. The summed E-state index contributed by atoms with van der Waals surface area (Å²) in [4.78, 5) is 68.7. The van der Waals surface area contributed by atoms with E-state index in [4.69, 9.17) is 21.4 Å². The van der Waals surface area contributed by atoms with Gasteiger partial charge in [0, 0.05) is 18.0 Å². The molecule has 224 valence electrons. The van der Waals surface area contributed by atoms with Crippen molar-refractivity contribution in [3.05, 3.63) is 64.5 Å². The average molecular weight is 611 g/mol. The number of para-hydroxylation sites is 1. The molecule has 4 aliphatic rings. The highest BCUT2D eigenvalue weighted by Crippen LogP contribution is 2.64. The number of likely N-dealkylation sites (tertiary alicyclic amines) is 1. The summed E-state index contributed by atoms with van der Waals surface area (Å²) in [7, 11) is 1.39. The lowest BCUT2D eigenvalue weighted by atomic mass is 9.51. The Hall–Kier alpha value is -4.25. The third-order valence-corrected chi connectivity index (χ3v) is 9.93. The summed E-state index contributed by atoms with van der Waals surface area (Å²) in [6.45, 7) is 1.39. The predicted octanol–water partition coefficient (Wildman–Crippen LogP) is 3.90. The minimum absolute atomic E-state index is 0.0620. The van der Waals surface area contributed by atoms with Gasteiger partial charge in [-0.3, -0.25) is 28.9 Å². The van der Waals surface area contributed by atoms with Crippen LogP contribution in [0, 0.1) is 34.9 Å². The van der Waals surface area contributed by atoms with Crippen LogP contribution in [0.2, 0.25) is 5.02 Å². The predicted molar refractivity (Wildman–Crippen MR) is 150 cm³/mol. The van der Waals surface area contributed by atoms with Crippen LogP contribution in [0.3, 0.4) is 0 Å². The Labute approximate surface area is 250 Å². The van der Waals surface area contributed by atoms with E-state index in [1.165, 1.54) is 19.2 Å². The number of allylic oxidation sites excluding steroid dienone is 2. The van der Waals surface area contributed by atoms with E-state index in [0.29, 0.717) is 11.1 Å². The molecule has 6 atom stereocenters. The molecule has 43 heavy (non-hydrogen) atoms. The van der Waals surface area contributed by atoms with Crippen LogP contribution in [0.5, 0.6) is 11.5 Å². The summed E-state index contributed by atoms with van der Waals surface area (Å²) < 4.78 is 19.4. The maximum Gasteiger partial charge on any atom is 0.305 e. The molecule has 0 aromatic heterocycles. The van der Waals surface area contributed by atoms with E-state index in [1.807, 2.05) is 6.08 Å². The average Bonchev–Trinajstić information content (AvgIpc) is 3.33. The molecule has 1 saturated carbocycles. The minimum Gasteiger partial charge on any atom is -0.504 e. The van der Waals surface area contributed by atoms with Crippen molar-refractivity contribution in [2.24, 2.45) is 29.1 Å². The Morgan fingerprint density at radius 3 is 2.53 bits per heavy atom. The van der Waals surface area contributed by atoms with Gasteiger partial charge in [-0.2, -0.15) is 0 Å². The lowest BCUT2D eigenvalue weighted by Gasteiger charge is -2.49. The standard InChI is InChI=1S/C31H28ClFN2O8/c1-31-19(28(40)35(30(31)42)14-6-9-21(33)20(32)12-14)13-18-15(25(31)17-4-3-5-22(43-2)26(17)38)7-8-16-24(18)29(41)34(27(16)39)11-10-23(36)37/h3-7,9,12,16,18-19,24-25,38H,8,10-11,13H2,1-2H3,(H,36,37). The number of nitrogens with zero attached hydrogens (tertiary/aromatic N) is 2. The van der Waals surface area contributed by atoms with Crippen LogP contribution in [0.25, 0.3) is 0 Å². The van der Waals surface area contributed by atoms with E-state index >= 15 is 0 Å². The molecule has 6 rings (SSSR count). The van der Waals surface area contributed by atoms with Crippen LogP contribution in [-0.2, 0) is 24.0 Å². The number of hydrogen-bond acceptors (Lipinski definition) is 7. The van der Waals surface area contributed by atoms with E-state index in [0.717, 1.165) is 15.9 Å². The molecule has 3 fully saturated rings. The number of imide groups is 2. The summed E-state index contributed by atoms with van der Waals surface area (Å²) in [5, 5.41) is 20.2. The number of carboxylic acid groups (broad SMARTS) is 1. The number of rotatable bonds is 6. The number of carbonyl (C=O) groups is 5. The van der Waals surface area contributed by atoms with Crippen LogP contribution < -0.4 is 9.64 Å². The second-order valence-electron chi connectivity index (χ2n) is 11.6. The number of carbonyl (C=O) groups excluding carboxylic acids is 4. The summed E-state index contributed by atoms with van der Waals surface area (Å²) in [6, 6.07) is 8.40. The number of fused-ring (bicyclic) bond motifs is 4. The fourth-order valence-corrected chi connectivity index (χ4v) is 7.83. The van der Waals surface area contributed by atoms with Crippen molar-refractivity contribution in [2.75, 3.05) is 18.6 Å². The van der Waals surface area contributed by atoms with Gasteiger partial charge in [0.1, 0.15) is 5.82 Å². The van der Waals surface area contributed by atoms with Crippen molar-refractivity contribution in [3.63, 3.8) is 0 Å². The fraction of sp³-hybridized carbons (Fsp3) is 0.387. The van der Waals surface area contributed by atoms with Gasteiger partial charge >= 0.3 is 5.97 Å². The first-order valence-electron chi connectivity index (χ1n) is 13.9. The number of halogens is 2. The van der Waals surface area contributed by atoms with E-state index in [1.54, 1.807) is 25.1 Å². The zero-order valence-electron chi connectivity index (χ0n) is 23.3. The molecular weight excluding hydrogens is 583 g/mol. The molecule has 2 aliphatic carbocycles. The molecule has 0 radical (unpaired) electrons. The number of carboxylic acids is 1. The quantitative estimate of drug-likeness (QED) is 0.371. The third kappa shape index (κ3) is 4.08. The summed E-state index contributed by atoms with van der Waals surface area (Å²) in [5.74, 6) is -8.16. The molecule has 2 saturated heterocycles. The zero-order valence-corrected chi connectivity index (χ0v) is 24.0. The van der Waals surface area contributed by atoms with E-state index in [-0.39, 0.29) is 41.6 Å². The highest BCUT2D eigenvalue weighted by atomic mass is 35.5. The van der Waals surface area contributed by atoms with Crippen LogP contribution >= 0.6 is 11.6 Å². The van der Waals surface area contributed by atoms with E-state index in [2.05, 4.69) is 0 Å². The maximum atomic E-state index is 14.4. The largest absolute Gasteiger partial charge is 0.504 e. The third-order valence-electron chi connectivity index (χ3n) is 9.64. The van der Waals surface area contributed by atoms with E-state index in [9.17, 15) is 33.5 Å². The molecule has 10 nitrogen and oxygen atoms in total. The summed E-state index contributed by atoms with van der Waals surface area (Å²) in [6.07, 6.45) is 1.65. The van der Waals surface area contributed by atoms with Crippen LogP contribution in [-0.4, -0.2) is 58.4 Å². The van der Waals surface area contributed by atoms with Gasteiger partial charge in [0.2, 0.25) is 23.6 Å². The number of ether oxygens (including phenoxy) is 1. The molecular formula is C31H28ClFN2O8. The van der Waals surface area contributed by atoms with Gasteiger partial charge in [0.25, 0.3) is 0 Å². The van der Waals surface area contributed by atoms with Crippen molar-refractivity contribution in [2.45, 2.75) is 32.1 Å². The van der Waals surface area contributed by atoms with Crippen molar-refractivity contribution in [1.82, 2.24) is 4.90 Å². The Morgan fingerprint density at radius 1 is 1.12 bits per heavy atom. The Morgan fingerprint density at radius 2 is 1.86 bits per heavy atom. The molecule has 2 aliphatic heterocycles. The molecule has 6 unspecified atom stereocenters. The lowest BCUT2D eigenvalue weighted by molar-refractivity contribution is -0.142. The summed E-state index contributed by atoms with van der Waals surface area (Å²) in [5.41, 5.74) is -0.385. The van der Waals surface area contributed by atoms with E-state index < -0.39 is 76.8 Å². The monoisotopic (exact) mass is 610 g/mol. The van der Waals surface area contributed by atoms with Gasteiger partial charge in [-0.15, -0.1) is 0 Å². The number of hydrogen-bond donors (Lipinski definition) is 2. The number of aliphatic carboxylic acids is 1. The van der Waals surface area contributed by atoms with Crippen LogP contribution in [0.15, 0.2) is 48.0 Å². The summed E-state index contributed by atoms with van der Waals surface area (Å²) >= 11 is 6.01. The minimum atomic E-state index is -1.44. The zero-order chi connectivity index (χ0) is 31.0. The lowest BCUT2D eigenvalue weighted by Crippen LogP contribution is -2.49. The maximum absolute atomic E-state index is 14.4. The van der Waals surface area contributed by atoms with Gasteiger partial charge in [-0.25, -0.2) is 9.29 Å². The first-order chi connectivity index (χ1) is 20.4. The molecule has 2 N–H and O–H groups in total. The number of amides is 4. The number of methoxy groups -OCH3 is 1. The molecule has 0 bridgehead atoms. The normalized spacial score (nSPS) is 29.8.